The van der Waals surface area contributed by atoms with E-state index >= 15 is 0 Å². The molecule has 94 valence electrons. The first kappa shape index (κ1) is 10.9. The van der Waals surface area contributed by atoms with E-state index in [1.54, 1.807) is 18.2 Å². The summed E-state index contributed by atoms with van der Waals surface area (Å²) < 4.78 is 15.7. The molecule has 1 aromatic carbocycles. The number of ether oxygens (including phenoxy) is 3. The summed E-state index contributed by atoms with van der Waals surface area (Å²) in [6.07, 6.45) is -0.606. The Hall–Kier alpha value is -2.24. The fourth-order valence-electron chi connectivity index (χ4n) is 1.97. The van der Waals surface area contributed by atoms with Crippen molar-refractivity contribution in [2.75, 3.05) is 24.7 Å². The second-order valence-electron chi connectivity index (χ2n) is 4.00. The Balaban J connectivity index is 1.88. The van der Waals surface area contributed by atoms with E-state index in [4.69, 9.17) is 14.2 Å². The number of anilines is 1. The van der Waals surface area contributed by atoms with Crippen molar-refractivity contribution in [1.82, 2.24) is 0 Å². The van der Waals surface area contributed by atoms with Gasteiger partial charge in [0.1, 0.15) is 13.2 Å². The van der Waals surface area contributed by atoms with Crippen LogP contribution in [-0.2, 0) is 9.53 Å². The van der Waals surface area contributed by atoms with E-state index < -0.39 is 12.2 Å². The molecular weight excluding hydrogens is 238 g/mol. The zero-order valence-electron chi connectivity index (χ0n) is 9.50. The molecule has 1 amide bonds. The number of carbonyl (C=O) groups excluding carboxylic acids is 2. The van der Waals surface area contributed by atoms with Gasteiger partial charge in [0.25, 0.3) is 0 Å². The van der Waals surface area contributed by atoms with Crippen LogP contribution in [0.25, 0.3) is 0 Å². The largest absolute Gasteiger partial charge is 0.486 e. The zero-order valence-corrected chi connectivity index (χ0v) is 9.50. The molecular formula is C12H11NO5. The van der Waals surface area contributed by atoms with Gasteiger partial charge in [-0.3, -0.25) is 9.69 Å². The molecule has 1 aromatic rings. The number of amides is 1. The Labute approximate surface area is 103 Å². The quantitative estimate of drug-likeness (QED) is 0.731. The van der Waals surface area contributed by atoms with Crippen LogP contribution in [0.3, 0.4) is 0 Å². The van der Waals surface area contributed by atoms with E-state index in [1.165, 1.54) is 4.90 Å². The normalized spacial score (nSPS) is 21.7. The average molecular weight is 249 g/mol. The van der Waals surface area contributed by atoms with Gasteiger partial charge in [-0.05, 0) is 12.1 Å². The van der Waals surface area contributed by atoms with Crippen molar-refractivity contribution in [1.29, 1.82) is 0 Å². The molecule has 1 saturated heterocycles. The second kappa shape index (κ2) is 4.21. The van der Waals surface area contributed by atoms with Crippen LogP contribution >= 0.6 is 0 Å². The lowest BCUT2D eigenvalue weighted by Gasteiger charge is -2.20. The molecule has 18 heavy (non-hydrogen) atoms. The van der Waals surface area contributed by atoms with E-state index in [9.17, 15) is 9.59 Å². The monoisotopic (exact) mass is 249 g/mol. The van der Waals surface area contributed by atoms with Gasteiger partial charge in [0.05, 0.1) is 12.2 Å². The Morgan fingerprint density at radius 3 is 2.72 bits per heavy atom. The van der Waals surface area contributed by atoms with Gasteiger partial charge in [-0.25, -0.2) is 4.79 Å². The maximum atomic E-state index is 11.6. The van der Waals surface area contributed by atoms with Crippen LogP contribution < -0.4 is 14.4 Å². The van der Waals surface area contributed by atoms with Crippen LogP contribution in [0.1, 0.15) is 0 Å². The summed E-state index contributed by atoms with van der Waals surface area (Å²) >= 11 is 0. The predicted molar refractivity (Wildman–Crippen MR) is 61.1 cm³/mol. The maximum Gasteiger partial charge on any atom is 0.415 e. The number of carbonyl (C=O) groups is 2. The highest BCUT2D eigenvalue weighted by molar-refractivity contribution is 5.92. The smallest absolute Gasteiger partial charge is 0.415 e. The summed E-state index contributed by atoms with van der Waals surface area (Å²) in [5.41, 5.74) is 0.633. The van der Waals surface area contributed by atoms with E-state index in [-0.39, 0.29) is 6.54 Å². The standard InChI is InChI=1S/C12H11NO5/c14-7-9-6-13(12(15)18-9)8-1-2-10-11(5-8)17-4-3-16-10/h1-2,5,7,9H,3-4,6H2/t9-/m0/s1. The number of nitrogens with zero attached hydrogens (tertiary/aromatic N) is 1. The first-order chi connectivity index (χ1) is 8.78. The topological polar surface area (TPSA) is 65.1 Å². The first-order valence-corrected chi connectivity index (χ1v) is 5.61. The molecule has 0 radical (unpaired) electrons. The molecule has 0 aromatic heterocycles. The minimum Gasteiger partial charge on any atom is -0.486 e. The van der Waals surface area contributed by atoms with Crippen molar-refractivity contribution >= 4 is 18.1 Å². The first-order valence-electron chi connectivity index (χ1n) is 5.61. The van der Waals surface area contributed by atoms with Crippen molar-refractivity contribution in [3.05, 3.63) is 18.2 Å². The molecule has 3 rings (SSSR count). The highest BCUT2D eigenvalue weighted by Crippen LogP contribution is 2.35. The lowest BCUT2D eigenvalue weighted by Crippen LogP contribution is -2.25. The highest BCUT2D eigenvalue weighted by Gasteiger charge is 2.32. The molecule has 0 bridgehead atoms. The zero-order chi connectivity index (χ0) is 12.5. The third-order valence-corrected chi connectivity index (χ3v) is 2.82. The second-order valence-corrected chi connectivity index (χ2v) is 4.00. The summed E-state index contributed by atoms with van der Waals surface area (Å²) in [5, 5.41) is 0. The predicted octanol–water partition coefficient (Wildman–Crippen LogP) is 0.982. The van der Waals surface area contributed by atoms with Crippen molar-refractivity contribution in [2.24, 2.45) is 0 Å². The Bertz CT molecular complexity index is 501. The van der Waals surface area contributed by atoms with Gasteiger partial charge < -0.3 is 14.2 Å². The van der Waals surface area contributed by atoms with Crippen LogP contribution in [0, 0.1) is 0 Å². The van der Waals surface area contributed by atoms with Crippen molar-refractivity contribution in [3.8, 4) is 11.5 Å². The Kier molecular flexibility index (Phi) is 2.55. The number of hydrogen-bond donors (Lipinski definition) is 0. The molecule has 2 heterocycles. The number of fused-ring (bicyclic) bond motifs is 1. The van der Waals surface area contributed by atoms with Crippen molar-refractivity contribution in [3.63, 3.8) is 0 Å². The van der Waals surface area contributed by atoms with Crippen molar-refractivity contribution in [2.45, 2.75) is 6.10 Å². The summed E-state index contributed by atoms with van der Waals surface area (Å²) in [5.74, 6) is 1.26. The van der Waals surface area contributed by atoms with E-state index in [0.717, 1.165) is 0 Å². The van der Waals surface area contributed by atoms with Crippen LogP contribution in [0.2, 0.25) is 0 Å². The molecule has 6 heteroatoms. The summed E-state index contributed by atoms with van der Waals surface area (Å²) in [6.45, 7) is 1.23. The number of benzene rings is 1. The number of rotatable bonds is 2. The molecule has 2 aliphatic heterocycles. The Morgan fingerprint density at radius 1 is 1.22 bits per heavy atom. The molecule has 0 aliphatic carbocycles. The van der Waals surface area contributed by atoms with Crippen LogP contribution in [0.4, 0.5) is 10.5 Å². The van der Waals surface area contributed by atoms with Gasteiger partial charge in [0.15, 0.2) is 23.9 Å². The number of cyclic esters (lactones) is 1. The highest BCUT2D eigenvalue weighted by atomic mass is 16.6. The lowest BCUT2D eigenvalue weighted by atomic mass is 10.2. The average Bonchev–Trinajstić information content (AvgIpc) is 2.79. The van der Waals surface area contributed by atoms with Gasteiger partial charge in [-0.1, -0.05) is 0 Å². The fourth-order valence-corrected chi connectivity index (χ4v) is 1.97. The fraction of sp³-hybridized carbons (Fsp3) is 0.333. The molecule has 0 unspecified atom stereocenters. The lowest BCUT2D eigenvalue weighted by molar-refractivity contribution is -0.113. The van der Waals surface area contributed by atoms with E-state index in [1.807, 2.05) is 0 Å². The molecule has 2 aliphatic rings. The molecule has 0 N–H and O–H groups in total. The Morgan fingerprint density at radius 2 is 2.00 bits per heavy atom. The summed E-state index contributed by atoms with van der Waals surface area (Å²) in [7, 11) is 0. The summed E-state index contributed by atoms with van der Waals surface area (Å²) in [4.78, 5) is 23.6. The maximum absolute atomic E-state index is 11.6. The summed E-state index contributed by atoms with van der Waals surface area (Å²) in [6, 6.07) is 5.19. The van der Waals surface area contributed by atoms with Crippen molar-refractivity contribution < 1.29 is 23.8 Å². The third kappa shape index (κ3) is 1.75. The van der Waals surface area contributed by atoms with E-state index in [2.05, 4.69) is 0 Å². The van der Waals surface area contributed by atoms with Gasteiger partial charge >= 0.3 is 6.09 Å². The minimum absolute atomic E-state index is 0.224. The van der Waals surface area contributed by atoms with Gasteiger partial charge in [-0.2, -0.15) is 0 Å². The van der Waals surface area contributed by atoms with Crippen LogP contribution in [0.15, 0.2) is 18.2 Å². The SMILES string of the molecule is O=C[C@@H]1CN(c2ccc3c(c2)OCCO3)C(=O)O1. The molecule has 6 nitrogen and oxygen atoms in total. The third-order valence-electron chi connectivity index (χ3n) is 2.82. The van der Waals surface area contributed by atoms with E-state index in [0.29, 0.717) is 36.7 Å². The van der Waals surface area contributed by atoms with Crippen LogP contribution in [-0.4, -0.2) is 38.2 Å². The van der Waals surface area contributed by atoms with Gasteiger partial charge in [-0.15, -0.1) is 0 Å². The number of aldehydes is 1. The molecule has 0 spiro atoms. The molecule has 0 saturated carbocycles. The molecule has 1 atom stereocenters. The molecule has 1 fully saturated rings. The van der Waals surface area contributed by atoms with Crippen LogP contribution in [0.5, 0.6) is 11.5 Å². The minimum atomic E-state index is -0.703. The number of hydrogen-bond acceptors (Lipinski definition) is 5. The van der Waals surface area contributed by atoms with Gasteiger partial charge in [0, 0.05) is 6.07 Å². The van der Waals surface area contributed by atoms with Gasteiger partial charge in [0.2, 0.25) is 0 Å².